The lowest BCUT2D eigenvalue weighted by Crippen LogP contribution is -2.08. The largest absolute Gasteiger partial charge is 0.490 e. The second kappa shape index (κ2) is 5.92. The molecular formula is C9H14ClN2O2Si+. The SMILES string of the molecule is COc1cnc(Cl)nc1OCC[Si+](C)C. The maximum atomic E-state index is 5.66. The zero-order chi connectivity index (χ0) is 11.3. The van der Waals surface area contributed by atoms with E-state index < -0.39 is 0 Å². The number of halogens is 1. The second-order valence-corrected chi connectivity index (χ2v) is 6.57. The first kappa shape index (κ1) is 12.3. The lowest BCUT2D eigenvalue weighted by molar-refractivity contribution is 0.296. The molecule has 0 aliphatic rings. The Morgan fingerprint density at radius 2 is 2.20 bits per heavy atom. The summed E-state index contributed by atoms with van der Waals surface area (Å²) in [6.07, 6.45) is 1.51. The van der Waals surface area contributed by atoms with Gasteiger partial charge in [-0.25, -0.2) is 4.98 Å². The molecule has 0 atom stereocenters. The number of methoxy groups -OCH3 is 1. The van der Waals surface area contributed by atoms with Crippen LogP contribution in [-0.4, -0.2) is 32.5 Å². The summed E-state index contributed by atoms with van der Waals surface area (Å²) in [5, 5.41) is 0.171. The number of hydrogen-bond acceptors (Lipinski definition) is 4. The van der Waals surface area contributed by atoms with Crippen molar-refractivity contribution in [2.45, 2.75) is 19.1 Å². The molecule has 1 heterocycles. The van der Waals surface area contributed by atoms with Crippen LogP contribution in [0.1, 0.15) is 0 Å². The normalized spacial score (nSPS) is 9.87. The fourth-order valence-corrected chi connectivity index (χ4v) is 1.57. The summed E-state index contributed by atoms with van der Waals surface area (Å²) in [6.45, 7) is 5.11. The fourth-order valence-electron chi connectivity index (χ4n) is 0.930. The Morgan fingerprint density at radius 3 is 2.80 bits per heavy atom. The highest BCUT2D eigenvalue weighted by Gasteiger charge is 2.13. The van der Waals surface area contributed by atoms with Crippen molar-refractivity contribution in [3.8, 4) is 11.6 Å². The van der Waals surface area contributed by atoms with Gasteiger partial charge in [0.05, 0.1) is 26.4 Å². The van der Waals surface area contributed by atoms with Crippen molar-refractivity contribution in [1.29, 1.82) is 0 Å². The Labute approximate surface area is 96.2 Å². The van der Waals surface area contributed by atoms with Gasteiger partial charge in [0, 0.05) is 0 Å². The van der Waals surface area contributed by atoms with Crippen LogP contribution < -0.4 is 9.47 Å². The quantitative estimate of drug-likeness (QED) is 0.590. The predicted octanol–water partition coefficient (Wildman–Crippen LogP) is 2.27. The van der Waals surface area contributed by atoms with Crippen LogP contribution in [0.3, 0.4) is 0 Å². The van der Waals surface area contributed by atoms with Gasteiger partial charge in [0.2, 0.25) is 5.28 Å². The second-order valence-electron chi connectivity index (χ2n) is 3.32. The summed E-state index contributed by atoms with van der Waals surface area (Å²) in [4.78, 5) is 7.77. The number of rotatable bonds is 5. The Hall–Kier alpha value is -0.813. The van der Waals surface area contributed by atoms with Gasteiger partial charge >= 0.3 is 8.80 Å². The molecule has 0 N–H and O–H groups in total. The number of nitrogens with zero attached hydrogens (tertiary/aromatic N) is 2. The topological polar surface area (TPSA) is 44.2 Å². The maximum absolute atomic E-state index is 5.66. The minimum Gasteiger partial charge on any atom is -0.490 e. The van der Waals surface area contributed by atoms with Gasteiger partial charge < -0.3 is 9.47 Å². The molecular weight excluding hydrogens is 232 g/mol. The smallest absolute Gasteiger partial charge is 0.311 e. The Morgan fingerprint density at radius 1 is 1.47 bits per heavy atom. The van der Waals surface area contributed by atoms with E-state index in [9.17, 15) is 0 Å². The molecule has 1 rings (SSSR count). The average Bonchev–Trinajstić information content (AvgIpc) is 2.17. The molecule has 0 unspecified atom stereocenters. The van der Waals surface area contributed by atoms with Crippen LogP contribution in [0, 0.1) is 0 Å². The highest BCUT2D eigenvalue weighted by molar-refractivity contribution is 6.55. The molecule has 0 saturated carbocycles. The molecule has 0 saturated heterocycles. The Bertz CT molecular complexity index is 323. The summed E-state index contributed by atoms with van der Waals surface area (Å²) in [5.41, 5.74) is 0. The minimum atomic E-state index is -0.276. The van der Waals surface area contributed by atoms with Gasteiger partial charge in [0.25, 0.3) is 5.88 Å². The van der Waals surface area contributed by atoms with Crippen molar-refractivity contribution in [2.24, 2.45) is 0 Å². The van der Waals surface area contributed by atoms with Crippen LogP contribution in [0.2, 0.25) is 24.4 Å². The number of ether oxygens (including phenoxy) is 2. The fraction of sp³-hybridized carbons (Fsp3) is 0.556. The van der Waals surface area contributed by atoms with Gasteiger partial charge in [-0.1, -0.05) is 0 Å². The van der Waals surface area contributed by atoms with Crippen LogP contribution in [0.5, 0.6) is 11.6 Å². The van der Waals surface area contributed by atoms with Crippen molar-refractivity contribution in [3.05, 3.63) is 11.5 Å². The first-order valence-electron chi connectivity index (χ1n) is 4.62. The molecule has 15 heavy (non-hydrogen) atoms. The van der Waals surface area contributed by atoms with Crippen LogP contribution >= 0.6 is 11.6 Å². The third kappa shape index (κ3) is 4.05. The van der Waals surface area contributed by atoms with E-state index in [4.69, 9.17) is 21.1 Å². The van der Waals surface area contributed by atoms with E-state index in [0.29, 0.717) is 18.2 Å². The zero-order valence-electron chi connectivity index (χ0n) is 9.08. The third-order valence-electron chi connectivity index (χ3n) is 1.75. The van der Waals surface area contributed by atoms with Gasteiger partial charge in [-0.15, -0.1) is 0 Å². The molecule has 4 nitrogen and oxygen atoms in total. The highest BCUT2D eigenvalue weighted by Crippen LogP contribution is 2.24. The van der Waals surface area contributed by atoms with Crippen molar-refractivity contribution in [1.82, 2.24) is 9.97 Å². The first-order chi connectivity index (χ1) is 7.13. The Balaban J connectivity index is 2.62. The number of aromatic nitrogens is 2. The predicted molar refractivity (Wildman–Crippen MR) is 61.4 cm³/mol. The molecule has 0 aliphatic heterocycles. The van der Waals surface area contributed by atoms with E-state index in [1.807, 2.05) is 0 Å². The summed E-state index contributed by atoms with van der Waals surface area (Å²) in [5.74, 6) is 0.932. The molecule has 0 fully saturated rings. The average molecular weight is 246 g/mol. The van der Waals surface area contributed by atoms with Crippen molar-refractivity contribution in [2.75, 3.05) is 13.7 Å². The monoisotopic (exact) mass is 245 g/mol. The van der Waals surface area contributed by atoms with Gasteiger partial charge in [0.1, 0.15) is 12.7 Å². The van der Waals surface area contributed by atoms with Gasteiger partial charge in [-0.05, 0) is 11.6 Å². The van der Waals surface area contributed by atoms with E-state index in [1.165, 1.54) is 6.20 Å². The lowest BCUT2D eigenvalue weighted by Gasteiger charge is -2.07. The van der Waals surface area contributed by atoms with E-state index in [0.717, 1.165) is 6.04 Å². The van der Waals surface area contributed by atoms with E-state index in [-0.39, 0.29) is 14.1 Å². The van der Waals surface area contributed by atoms with E-state index in [2.05, 4.69) is 23.1 Å². The molecule has 0 spiro atoms. The third-order valence-corrected chi connectivity index (χ3v) is 3.14. The van der Waals surface area contributed by atoms with E-state index in [1.54, 1.807) is 7.11 Å². The minimum absolute atomic E-state index is 0.171. The van der Waals surface area contributed by atoms with Gasteiger partial charge in [-0.3, -0.25) is 0 Å². The lowest BCUT2D eigenvalue weighted by atomic mass is 10.5. The molecule has 1 aromatic rings. The van der Waals surface area contributed by atoms with Gasteiger partial charge in [-0.2, -0.15) is 4.98 Å². The molecule has 0 aromatic carbocycles. The van der Waals surface area contributed by atoms with Crippen molar-refractivity contribution in [3.63, 3.8) is 0 Å². The van der Waals surface area contributed by atoms with Crippen LogP contribution in [0.15, 0.2) is 6.20 Å². The molecule has 0 aliphatic carbocycles. The number of hydrogen-bond donors (Lipinski definition) is 0. The molecule has 6 heteroatoms. The first-order valence-corrected chi connectivity index (χ1v) is 7.70. The van der Waals surface area contributed by atoms with Crippen molar-refractivity contribution < 1.29 is 9.47 Å². The maximum Gasteiger partial charge on any atom is 0.311 e. The van der Waals surface area contributed by atoms with Crippen LogP contribution in [-0.2, 0) is 0 Å². The molecule has 0 radical (unpaired) electrons. The van der Waals surface area contributed by atoms with Crippen molar-refractivity contribution >= 4 is 20.4 Å². The van der Waals surface area contributed by atoms with Crippen LogP contribution in [0.25, 0.3) is 0 Å². The molecule has 0 amide bonds. The zero-order valence-corrected chi connectivity index (χ0v) is 10.8. The summed E-state index contributed by atoms with van der Waals surface area (Å²) >= 11 is 5.66. The van der Waals surface area contributed by atoms with Gasteiger partial charge in [0.15, 0.2) is 5.75 Å². The highest BCUT2D eigenvalue weighted by atomic mass is 35.5. The molecule has 82 valence electrons. The molecule has 1 aromatic heterocycles. The molecule has 0 bridgehead atoms. The van der Waals surface area contributed by atoms with Crippen LogP contribution in [0.4, 0.5) is 0 Å². The summed E-state index contributed by atoms with van der Waals surface area (Å²) in [6, 6.07) is 1.06. The Kier molecular flexibility index (Phi) is 4.84. The summed E-state index contributed by atoms with van der Waals surface area (Å²) < 4.78 is 10.5. The summed E-state index contributed by atoms with van der Waals surface area (Å²) in [7, 11) is 1.27. The van der Waals surface area contributed by atoms with E-state index >= 15 is 0 Å². The standard InChI is InChI=1S/C9H14ClN2O2Si/c1-13-7-6-11-9(10)12-8(7)14-4-5-15(2)3/h6H,4-5H2,1-3H3/q+1.